The lowest BCUT2D eigenvalue weighted by Gasteiger charge is -2.33. The second-order valence-electron chi connectivity index (χ2n) is 4.11. The molecule has 0 unspecified atom stereocenters. The fourth-order valence-corrected chi connectivity index (χ4v) is 2.51. The second-order valence-corrected chi connectivity index (χ2v) is 4.11. The van der Waals surface area contributed by atoms with Crippen molar-refractivity contribution in [1.82, 2.24) is 0 Å². The molecule has 3 atom stereocenters. The molecule has 0 fully saturated rings. The van der Waals surface area contributed by atoms with Crippen molar-refractivity contribution in [1.29, 1.82) is 0 Å². The number of methoxy groups -OCH3 is 2. The lowest BCUT2D eigenvalue weighted by molar-refractivity contribution is -0.146. The molecule has 0 aromatic heterocycles. The summed E-state index contributed by atoms with van der Waals surface area (Å²) in [6, 6.07) is 0. The van der Waals surface area contributed by atoms with Gasteiger partial charge in [0.2, 0.25) is 6.29 Å². The summed E-state index contributed by atoms with van der Waals surface area (Å²) in [4.78, 5) is 11.6. The van der Waals surface area contributed by atoms with E-state index < -0.39 is 6.29 Å². The van der Waals surface area contributed by atoms with Crippen LogP contribution in [0.25, 0.3) is 0 Å². The van der Waals surface area contributed by atoms with E-state index >= 15 is 0 Å². The molecule has 0 radical (unpaired) electrons. The maximum atomic E-state index is 11.6. The Labute approximate surface area is 99.7 Å². The van der Waals surface area contributed by atoms with Crippen LogP contribution >= 0.6 is 0 Å². The first-order valence-corrected chi connectivity index (χ1v) is 5.49. The fourth-order valence-electron chi connectivity index (χ4n) is 2.51. The van der Waals surface area contributed by atoms with Crippen LogP contribution in [0.15, 0.2) is 23.5 Å². The quantitative estimate of drug-likeness (QED) is 0.578. The second kappa shape index (κ2) is 4.89. The Hall–Kier alpha value is -1.33. The number of aliphatic hydroxyl groups excluding tert-OH is 1. The molecule has 2 rings (SSSR count). The molecule has 1 N–H and O–H groups in total. The van der Waals surface area contributed by atoms with E-state index in [1.165, 1.54) is 13.4 Å². The highest BCUT2D eigenvalue weighted by Crippen LogP contribution is 2.43. The number of hydrogen-bond donors (Lipinski definition) is 1. The van der Waals surface area contributed by atoms with Gasteiger partial charge in [0.05, 0.1) is 31.5 Å². The summed E-state index contributed by atoms with van der Waals surface area (Å²) in [5, 5.41) is 9.29. The number of allylic oxidation sites excluding steroid dienone is 1. The lowest BCUT2D eigenvalue weighted by Crippen LogP contribution is -2.36. The third-order valence-electron chi connectivity index (χ3n) is 3.35. The molecule has 17 heavy (non-hydrogen) atoms. The normalized spacial score (nSPS) is 31.1. The highest BCUT2D eigenvalue weighted by Gasteiger charge is 2.44. The van der Waals surface area contributed by atoms with Crippen LogP contribution in [0, 0.1) is 11.8 Å². The first kappa shape index (κ1) is 12.1. The van der Waals surface area contributed by atoms with Crippen LogP contribution in [0.1, 0.15) is 6.42 Å². The van der Waals surface area contributed by atoms with Crippen molar-refractivity contribution in [3.8, 4) is 0 Å². The number of hydrogen-bond acceptors (Lipinski definition) is 5. The molecule has 5 nitrogen and oxygen atoms in total. The number of fused-ring (bicyclic) bond motifs is 1. The average Bonchev–Trinajstić information content (AvgIpc) is 2.80. The van der Waals surface area contributed by atoms with Gasteiger partial charge in [0.1, 0.15) is 0 Å². The van der Waals surface area contributed by atoms with Crippen molar-refractivity contribution in [2.24, 2.45) is 11.8 Å². The standard InChI is InChI=1S/C12H16O5/c1-15-11(14)9-6-17-12(16-2)10-7(5-13)3-4-8(9)10/h3,6,8,10,12-13H,4-5H2,1-2H3/t8-,10-,12-/m1/s1. The van der Waals surface area contributed by atoms with Gasteiger partial charge in [0.25, 0.3) is 0 Å². The Morgan fingerprint density at radius 3 is 2.94 bits per heavy atom. The monoisotopic (exact) mass is 240 g/mol. The summed E-state index contributed by atoms with van der Waals surface area (Å²) in [5.41, 5.74) is 1.36. The van der Waals surface area contributed by atoms with E-state index in [0.717, 1.165) is 5.57 Å². The molecular weight excluding hydrogens is 224 g/mol. The van der Waals surface area contributed by atoms with Gasteiger partial charge in [-0.05, 0) is 12.0 Å². The molecule has 5 heteroatoms. The van der Waals surface area contributed by atoms with Gasteiger partial charge in [0, 0.05) is 13.0 Å². The predicted octanol–water partition coefficient (Wildman–Crippen LogP) is 0.601. The van der Waals surface area contributed by atoms with Gasteiger partial charge in [-0.25, -0.2) is 4.79 Å². The first-order chi connectivity index (χ1) is 8.22. The van der Waals surface area contributed by atoms with Crippen molar-refractivity contribution < 1.29 is 24.1 Å². The van der Waals surface area contributed by atoms with Crippen LogP contribution in [-0.4, -0.2) is 38.2 Å². The molecule has 0 aromatic rings. The largest absolute Gasteiger partial charge is 0.471 e. The summed E-state index contributed by atoms with van der Waals surface area (Å²) in [7, 11) is 2.89. The SMILES string of the molecule is COC(=O)C1=CO[C@@H](OC)[C@@H]2C(CO)=CC[C@H]12. The molecule has 0 amide bonds. The number of esters is 1. The van der Waals surface area contributed by atoms with Crippen LogP contribution in [-0.2, 0) is 19.0 Å². The van der Waals surface area contributed by atoms with Crippen LogP contribution in [0.3, 0.4) is 0 Å². The summed E-state index contributed by atoms with van der Waals surface area (Å²) in [5.74, 6) is -0.519. The van der Waals surface area contributed by atoms with Crippen LogP contribution < -0.4 is 0 Å². The van der Waals surface area contributed by atoms with Crippen LogP contribution in [0.5, 0.6) is 0 Å². The van der Waals surface area contributed by atoms with Crippen LogP contribution in [0.2, 0.25) is 0 Å². The lowest BCUT2D eigenvalue weighted by atomic mass is 9.83. The Kier molecular flexibility index (Phi) is 3.49. The predicted molar refractivity (Wildman–Crippen MR) is 58.7 cm³/mol. The van der Waals surface area contributed by atoms with Crippen LogP contribution in [0.4, 0.5) is 0 Å². The minimum absolute atomic E-state index is 0.0247. The van der Waals surface area contributed by atoms with Gasteiger partial charge >= 0.3 is 5.97 Å². The third kappa shape index (κ3) is 1.96. The van der Waals surface area contributed by atoms with Gasteiger partial charge in [-0.3, -0.25) is 0 Å². The summed E-state index contributed by atoms with van der Waals surface area (Å²) < 4.78 is 15.3. The summed E-state index contributed by atoms with van der Waals surface area (Å²) in [6.07, 6.45) is 3.60. The van der Waals surface area contributed by atoms with Crippen molar-refractivity contribution in [3.63, 3.8) is 0 Å². The smallest absolute Gasteiger partial charge is 0.337 e. The summed E-state index contributed by atoms with van der Waals surface area (Å²) >= 11 is 0. The van der Waals surface area contributed by atoms with E-state index in [-0.39, 0.29) is 24.4 Å². The van der Waals surface area contributed by atoms with Gasteiger partial charge in [-0.2, -0.15) is 0 Å². The maximum Gasteiger partial charge on any atom is 0.337 e. The van der Waals surface area contributed by atoms with E-state index in [0.29, 0.717) is 12.0 Å². The Morgan fingerprint density at radius 1 is 1.59 bits per heavy atom. The number of ether oxygens (including phenoxy) is 3. The van der Waals surface area contributed by atoms with Gasteiger partial charge in [-0.15, -0.1) is 0 Å². The molecular formula is C12H16O5. The topological polar surface area (TPSA) is 65.0 Å². The van der Waals surface area contributed by atoms with Crippen molar-refractivity contribution in [2.75, 3.05) is 20.8 Å². The van der Waals surface area contributed by atoms with E-state index in [9.17, 15) is 9.90 Å². The highest BCUT2D eigenvalue weighted by molar-refractivity contribution is 5.89. The maximum absolute atomic E-state index is 11.6. The van der Waals surface area contributed by atoms with E-state index in [2.05, 4.69) is 0 Å². The van der Waals surface area contributed by atoms with Gasteiger partial charge in [-0.1, -0.05) is 6.08 Å². The minimum atomic E-state index is -0.450. The van der Waals surface area contributed by atoms with Crippen molar-refractivity contribution in [2.45, 2.75) is 12.7 Å². The Bertz CT molecular complexity index is 371. The average molecular weight is 240 g/mol. The Morgan fingerprint density at radius 2 is 2.35 bits per heavy atom. The zero-order valence-electron chi connectivity index (χ0n) is 9.88. The highest BCUT2D eigenvalue weighted by atomic mass is 16.7. The molecule has 0 saturated carbocycles. The van der Waals surface area contributed by atoms with Crippen molar-refractivity contribution in [3.05, 3.63) is 23.5 Å². The molecule has 2 aliphatic rings. The molecule has 0 spiro atoms. The molecule has 0 saturated heterocycles. The Balaban J connectivity index is 2.27. The van der Waals surface area contributed by atoms with Gasteiger partial charge < -0.3 is 19.3 Å². The molecule has 0 bridgehead atoms. The van der Waals surface area contributed by atoms with E-state index in [1.54, 1.807) is 7.11 Å². The molecule has 94 valence electrons. The third-order valence-corrected chi connectivity index (χ3v) is 3.35. The number of rotatable bonds is 3. The minimum Gasteiger partial charge on any atom is -0.471 e. The van der Waals surface area contributed by atoms with Crippen molar-refractivity contribution >= 4 is 5.97 Å². The zero-order valence-corrected chi connectivity index (χ0v) is 9.88. The molecule has 1 aliphatic heterocycles. The first-order valence-electron chi connectivity index (χ1n) is 5.49. The number of carbonyl (C=O) groups is 1. The van der Waals surface area contributed by atoms with Gasteiger partial charge in [0.15, 0.2) is 0 Å². The molecule has 1 heterocycles. The number of aliphatic hydroxyl groups is 1. The summed E-state index contributed by atoms with van der Waals surface area (Å²) in [6.45, 7) is -0.0428. The van der Waals surface area contributed by atoms with E-state index in [4.69, 9.17) is 14.2 Å². The fraction of sp³-hybridized carbons (Fsp3) is 0.583. The number of carbonyl (C=O) groups excluding carboxylic acids is 1. The molecule has 0 aromatic carbocycles. The molecule has 1 aliphatic carbocycles. The van der Waals surface area contributed by atoms with E-state index in [1.807, 2.05) is 6.08 Å². The zero-order chi connectivity index (χ0) is 12.4.